The van der Waals surface area contributed by atoms with Gasteiger partial charge in [-0.25, -0.2) is 4.79 Å². The Bertz CT molecular complexity index is 1020. The monoisotopic (exact) mass is 478 g/mol. The van der Waals surface area contributed by atoms with Gasteiger partial charge in [-0.15, -0.1) is 6.58 Å². The Morgan fingerprint density at radius 3 is 2.34 bits per heavy atom. The SMILES string of the molecule is C=CCOC1CCC(C(=O)Oc2ccc(C=CC(=O)OCC(C)c3cc(N)cc(N)c3)cc2)CC1. The Labute approximate surface area is 206 Å². The van der Waals surface area contributed by atoms with E-state index in [0.717, 1.165) is 36.8 Å². The van der Waals surface area contributed by atoms with E-state index < -0.39 is 5.97 Å². The molecule has 0 aliphatic heterocycles. The van der Waals surface area contributed by atoms with Gasteiger partial charge in [0.25, 0.3) is 0 Å². The molecule has 0 spiro atoms. The molecule has 186 valence electrons. The van der Waals surface area contributed by atoms with Crippen LogP contribution in [0.1, 0.15) is 49.7 Å². The fraction of sp³-hybridized carbons (Fsp3) is 0.357. The largest absolute Gasteiger partial charge is 0.462 e. The predicted octanol–water partition coefficient (Wildman–Crippen LogP) is 4.88. The zero-order valence-corrected chi connectivity index (χ0v) is 20.2. The van der Waals surface area contributed by atoms with Gasteiger partial charge in [-0.2, -0.15) is 0 Å². The number of hydrogen-bond acceptors (Lipinski definition) is 7. The van der Waals surface area contributed by atoms with Crippen molar-refractivity contribution in [1.82, 2.24) is 0 Å². The molecule has 0 saturated heterocycles. The van der Waals surface area contributed by atoms with Crippen molar-refractivity contribution < 1.29 is 23.8 Å². The van der Waals surface area contributed by atoms with Crippen LogP contribution in [0.15, 0.2) is 61.2 Å². The van der Waals surface area contributed by atoms with Crippen LogP contribution in [0.25, 0.3) is 6.08 Å². The highest BCUT2D eigenvalue weighted by atomic mass is 16.5. The van der Waals surface area contributed by atoms with Crippen LogP contribution in [-0.4, -0.2) is 31.3 Å². The second-order valence-electron chi connectivity index (χ2n) is 8.88. The lowest BCUT2D eigenvalue weighted by Gasteiger charge is -2.26. The minimum absolute atomic E-state index is 0.0400. The molecular weight excluding hydrogens is 444 g/mol. The van der Waals surface area contributed by atoms with Crippen molar-refractivity contribution in [2.45, 2.75) is 44.6 Å². The van der Waals surface area contributed by atoms with Crippen molar-refractivity contribution >= 4 is 29.4 Å². The third-order valence-electron chi connectivity index (χ3n) is 6.01. The fourth-order valence-electron chi connectivity index (χ4n) is 4.02. The summed E-state index contributed by atoms with van der Waals surface area (Å²) < 4.78 is 16.6. The molecule has 7 nitrogen and oxygen atoms in total. The second kappa shape index (κ2) is 12.8. The summed E-state index contributed by atoms with van der Waals surface area (Å²) in [5.74, 6) is -0.331. The summed E-state index contributed by atoms with van der Waals surface area (Å²) in [4.78, 5) is 24.6. The molecule has 35 heavy (non-hydrogen) atoms. The molecule has 0 amide bonds. The van der Waals surface area contributed by atoms with Gasteiger partial charge in [0.1, 0.15) is 5.75 Å². The first-order chi connectivity index (χ1) is 16.8. The summed E-state index contributed by atoms with van der Waals surface area (Å²) in [6, 6.07) is 12.3. The summed E-state index contributed by atoms with van der Waals surface area (Å²) in [5.41, 5.74) is 14.5. The first-order valence-electron chi connectivity index (χ1n) is 11.9. The van der Waals surface area contributed by atoms with Crippen molar-refractivity contribution in [3.05, 3.63) is 72.3 Å². The lowest BCUT2D eigenvalue weighted by molar-refractivity contribution is -0.141. The Balaban J connectivity index is 1.43. The van der Waals surface area contributed by atoms with Crippen LogP contribution in [0.3, 0.4) is 0 Å². The standard InChI is InChI=1S/C28H34N2O5/c1-3-14-33-25-11-7-21(8-12-25)28(32)35-26-9-4-20(5-10-26)6-13-27(31)34-18-19(2)22-15-23(29)17-24(30)16-22/h3-6,9-10,13,15-17,19,21,25H,1,7-8,11-12,14,18,29-30H2,2H3. The molecule has 4 N–H and O–H groups in total. The number of rotatable bonds is 10. The number of esters is 2. The Kier molecular flexibility index (Phi) is 9.49. The molecule has 2 aromatic carbocycles. The average Bonchev–Trinajstić information content (AvgIpc) is 2.85. The van der Waals surface area contributed by atoms with E-state index in [4.69, 9.17) is 25.7 Å². The number of nitrogen functional groups attached to an aromatic ring is 2. The van der Waals surface area contributed by atoms with Crippen LogP contribution in [0, 0.1) is 5.92 Å². The Morgan fingerprint density at radius 1 is 1.06 bits per heavy atom. The molecular formula is C28H34N2O5. The van der Waals surface area contributed by atoms with Gasteiger partial charge in [-0.1, -0.05) is 25.1 Å². The molecule has 1 aliphatic rings. The molecule has 2 aromatic rings. The molecule has 1 aliphatic carbocycles. The quantitative estimate of drug-likeness (QED) is 0.164. The number of benzene rings is 2. The number of carbonyl (C=O) groups is 2. The van der Waals surface area contributed by atoms with Gasteiger partial charge in [0.2, 0.25) is 0 Å². The minimum atomic E-state index is -0.447. The van der Waals surface area contributed by atoms with E-state index in [1.165, 1.54) is 6.08 Å². The highest BCUT2D eigenvalue weighted by Gasteiger charge is 2.28. The average molecular weight is 479 g/mol. The van der Waals surface area contributed by atoms with Gasteiger partial charge in [-0.3, -0.25) is 4.79 Å². The maximum absolute atomic E-state index is 12.5. The van der Waals surface area contributed by atoms with Crippen LogP contribution in [-0.2, 0) is 19.1 Å². The van der Waals surface area contributed by atoms with E-state index in [0.29, 0.717) is 23.7 Å². The van der Waals surface area contributed by atoms with Gasteiger partial charge >= 0.3 is 11.9 Å². The van der Waals surface area contributed by atoms with Crippen LogP contribution >= 0.6 is 0 Å². The highest BCUT2D eigenvalue weighted by Crippen LogP contribution is 2.28. The highest BCUT2D eigenvalue weighted by molar-refractivity contribution is 5.87. The molecule has 0 bridgehead atoms. The van der Waals surface area contributed by atoms with Gasteiger partial charge < -0.3 is 25.7 Å². The minimum Gasteiger partial charge on any atom is -0.462 e. The third-order valence-corrected chi connectivity index (χ3v) is 6.01. The van der Waals surface area contributed by atoms with E-state index in [1.54, 1.807) is 42.5 Å². The first kappa shape index (κ1) is 26.0. The van der Waals surface area contributed by atoms with Crippen molar-refractivity contribution in [3.63, 3.8) is 0 Å². The Hall–Kier alpha value is -3.58. The Morgan fingerprint density at radius 2 is 1.71 bits per heavy atom. The number of hydrogen-bond donors (Lipinski definition) is 2. The van der Waals surface area contributed by atoms with E-state index in [9.17, 15) is 9.59 Å². The molecule has 1 atom stereocenters. The summed E-state index contributed by atoms with van der Waals surface area (Å²) >= 11 is 0. The van der Waals surface area contributed by atoms with Crippen LogP contribution in [0.4, 0.5) is 11.4 Å². The molecule has 3 rings (SSSR count). The summed E-state index contributed by atoms with van der Waals surface area (Å²) in [6.45, 7) is 6.35. The van der Waals surface area contributed by atoms with Crippen molar-refractivity contribution in [1.29, 1.82) is 0 Å². The maximum atomic E-state index is 12.5. The maximum Gasteiger partial charge on any atom is 0.330 e. The van der Waals surface area contributed by atoms with Crippen LogP contribution in [0.2, 0.25) is 0 Å². The molecule has 0 aromatic heterocycles. The summed E-state index contributed by atoms with van der Waals surface area (Å²) in [5, 5.41) is 0. The van der Waals surface area contributed by atoms with Gasteiger partial charge in [0, 0.05) is 23.4 Å². The zero-order chi connectivity index (χ0) is 25.2. The number of ether oxygens (including phenoxy) is 3. The molecule has 7 heteroatoms. The number of nitrogens with two attached hydrogens (primary N) is 2. The van der Waals surface area contributed by atoms with E-state index >= 15 is 0 Å². The number of carbonyl (C=O) groups excluding carboxylic acids is 2. The van der Waals surface area contributed by atoms with Crippen molar-refractivity contribution in [2.75, 3.05) is 24.7 Å². The topological polar surface area (TPSA) is 114 Å². The van der Waals surface area contributed by atoms with E-state index in [-0.39, 0.29) is 30.5 Å². The summed E-state index contributed by atoms with van der Waals surface area (Å²) in [6.07, 6.45) is 8.16. The van der Waals surface area contributed by atoms with Gasteiger partial charge in [0.15, 0.2) is 0 Å². The summed E-state index contributed by atoms with van der Waals surface area (Å²) in [7, 11) is 0. The molecule has 0 radical (unpaired) electrons. The second-order valence-corrected chi connectivity index (χ2v) is 8.88. The van der Waals surface area contributed by atoms with Crippen molar-refractivity contribution in [3.8, 4) is 5.75 Å². The third kappa shape index (κ3) is 8.30. The van der Waals surface area contributed by atoms with Crippen LogP contribution < -0.4 is 16.2 Å². The lowest BCUT2D eigenvalue weighted by Crippen LogP contribution is -2.28. The first-order valence-corrected chi connectivity index (χ1v) is 11.9. The number of anilines is 2. The molecule has 1 saturated carbocycles. The molecule has 0 heterocycles. The van der Waals surface area contributed by atoms with Crippen molar-refractivity contribution in [2.24, 2.45) is 5.92 Å². The molecule has 1 fully saturated rings. The normalized spacial score (nSPS) is 18.7. The molecule has 1 unspecified atom stereocenters. The zero-order valence-electron chi connectivity index (χ0n) is 20.2. The van der Waals surface area contributed by atoms with Gasteiger partial charge in [-0.05, 0) is 73.2 Å². The van der Waals surface area contributed by atoms with E-state index in [2.05, 4.69) is 6.58 Å². The smallest absolute Gasteiger partial charge is 0.330 e. The van der Waals surface area contributed by atoms with E-state index in [1.807, 2.05) is 19.1 Å². The lowest BCUT2D eigenvalue weighted by atomic mass is 9.87. The fourth-order valence-corrected chi connectivity index (χ4v) is 4.02. The van der Waals surface area contributed by atoms with Gasteiger partial charge in [0.05, 0.1) is 25.2 Å². The van der Waals surface area contributed by atoms with Crippen LogP contribution in [0.5, 0.6) is 5.75 Å². The predicted molar refractivity (Wildman–Crippen MR) is 138 cm³/mol.